The molecule has 0 saturated heterocycles. The molecule has 0 aliphatic carbocycles. The van der Waals surface area contributed by atoms with Gasteiger partial charge in [0.2, 0.25) is 0 Å². The highest BCUT2D eigenvalue weighted by molar-refractivity contribution is 5.93. The standard InChI is InChI=1S/C23H27N3O4/c1-5-26-20(15-19(25-26)17-7-6-8-18(14-17)28-2)23(27)24-12-11-16-9-10-21(29-3)22(13-16)30-4/h6-10,13-15H,5,11-12H2,1-4H3,(H,24,27). The molecule has 0 bridgehead atoms. The molecule has 0 unspecified atom stereocenters. The third-order valence-electron chi connectivity index (χ3n) is 4.82. The number of ether oxygens (including phenoxy) is 3. The van der Waals surface area contributed by atoms with E-state index in [0.717, 1.165) is 22.6 Å². The first-order chi connectivity index (χ1) is 14.6. The third-order valence-corrected chi connectivity index (χ3v) is 4.82. The van der Waals surface area contributed by atoms with Gasteiger partial charge >= 0.3 is 0 Å². The Kier molecular flexibility index (Phi) is 6.95. The summed E-state index contributed by atoms with van der Waals surface area (Å²) in [6.07, 6.45) is 0.676. The van der Waals surface area contributed by atoms with Crippen molar-refractivity contribution in [2.75, 3.05) is 27.9 Å². The summed E-state index contributed by atoms with van der Waals surface area (Å²) < 4.78 is 17.6. The Morgan fingerprint density at radius 2 is 1.80 bits per heavy atom. The molecule has 0 saturated carbocycles. The lowest BCUT2D eigenvalue weighted by Crippen LogP contribution is -2.28. The fourth-order valence-corrected chi connectivity index (χ4v) is 3.21. The fourth-order valence-electron chi connectivity index (χ4n) is 3.21. The number of hydrogen-bond acceptors (Lipinski definition) is 5. The predicted molar refractivity (Wildman–Crippen MR) is 115 cm³/mol. The number of carbonyl (C=O) groups is 1. The number of nitrogens with zero attached hydrogens (tertiary/aromatic N) is 2. The predicted octanol–water partition coefficient (Wildman–Crippen LogP) is 3.57. The number of hydrogen-bond donors (Lipinski definition) is 1. The van der Waals surface area contributed by atoms with E-state index < -0.39 is 0 Å². The van der Waals surface area contributed by atoms with Crippen molar-refractivity contribution in [3.63, 3.8) is 0 Å². The Bertz CT molecular complexity index is 1010. The lowest BCUT2D eigenvalue weighted by atomic mass is 10.1. The molecule has 30 heavy (non-hydrogen) atoms. The molecule has 3 rings (SSSR count). The summed E-state index contributed by atoms with van der Waals surface area (Å²) >= 11 is 0. The molecule has 0 aliphatic rings. The number of methoxy groups -OCH3 is 3. The largest absolute Gasteiger partial charge is 0.497 e. The van der Waals surface area contributed by atoms with E-state index in [-0.39, 0.29) is 5.91 Å². The maximum absolute atomic E-state index is 12.8. The SMILES string of the molecule is CCn1nc(-c2cccc(OC)c2)cc1C(=O)NCCc1ccc(OC)c(OC)c1. The van der Waals surface area contributed by atoms with Crippen LogP contribution in [0.5, 0.6) is 17.2 Å². The van der Waals surface area contributed by atoms with Crippen LogP contribution < -0.4 is 19.5 Å². The van der Waals surface area contributed by atoms with Crippen LogP contribution in [0.4, 0.5) is 0 Å². The van der Waals surface area contributed by atoms with Crippen LogP contribution in [0.2, 0.25) is 0 Å². The molecule has 7 nitrogen and oxygen atoms in total. The van der Waals surface area contributed by atoms with E-state index in [1.807, 2.05) is 55.5 Å². The highest BCUT2D eigenvalue weighted by Gasteiger charge is 2.16. The number of rotatable bonds is 9. The highest BCUT2D eigenvalue weighted by Crippen LogP contribution is 2.27. The minimum atomic E-state index is -0.154. The lowest BCUT2D eigenvalue weighted by Gasteiger charge is -2.10. The van der Waals surface area contributed by atoms with Crippen LogP contribution in [-0.4, -0.2) is 43.6 Å². The smallest absolute Gasteiger partial charge is 0.269 e. The molecule has 2 aromatic carbocycles. The molecule has 1 amide bonds. The van der Waals surface area contributed by atoms with Crippen LogP contribution in [0.3, 0.4) is 0 Å². The van der Waals surface area contributed by atoms with Gasteiger partial charge in [-0.2, -0.15) is 5.10 Å². The van der Waals surface area contributed by atoms with Gasteiger partial charge in [-0.05, 0) is 49.2 Å². The zero-order valence-corrected chi connectivity index (χ0v) is 17.8. The molecule has 3 aromatic rings. The van der Waals surface area contributed by atoms with Crippen LogP contribution in [0, 0.1) is 0 Å². The summed E-state index contributed by atoms with van der Waals surface area (Å²) in [5.41, 5.74) is 3.22. The molecule has 1 heterocycles. The lowest BCUT2D eigenvalue weighted by molar-refractivity contribution is 0.0943. The van der Waals surface area contributed by atoms with Crippen molar-refractivity contribution in [2.45, 2.75) is 19.9 Å². The van der Waals surface area contributed by atoms with Gasteiger partial charge in [0.1, 0.15) is 11.4 Å². The number of benzene rings is 2. The monoisotopic (exact) mass is 409 g/mol. The Morgan fingerprint density at radius 1 is 1.00 bits per heavy atom. The first-order valence-electron chi connectivity index (χ1n) is 9.81. The highest BCUT2D eigenvalue weighted by atomic mass is 16.5. The van der Waals surface area contributed by atoms with Crippen LogP contribution >= 0.6 is 0 Å². The van der Waals surface area contributed by atoms with Gasteiger partial charge in [0.15, 0.2) is 11.5 Å². The number of carbonyl (C=O) groups excluding carboxylic acids is 1. The summed E-state index contributed by atoms with van der Waals surface area (Å²) in [6, 6.07) is 15.2. The van der Waals surface area contributed by atoms with Crippen molar-refractivity contribution in [3.8, 4) is 28.5 Å². The first-order valence-corrected chi connectivity index (χ1v) is 9.81. The van der Waals surface area contributed by atoms with E-state index in [4.69, 9.17) is 14.2 Å². The average Bonchev–Trinajstić information content (AvgIpc) is 3.23. The first kappa shape index (κ1) is 21.2. The van der Waals surface area contributed by atoms with E-state index in [9.17, 15) is 4.79 Å². The number of aryl methyl sites for hydroxylation is 1. The second-order valence-corrected chi connectivity index (χ2v) is 6.66. The van der Waals surface area contributed by atoms with Crippen molar-refractivity contribution >= 4 is 5.91 Å². The van der Waals surface area contributed by atoms with Crippen LogP contribution in [0.15, 0.2) is 48.5 Å². The van der Waals surface area contributed by atoms with Crippen molar-refractivity contribution in [3.05, 3.63) is 59.8 Å². The zero-order valence-electron chi connectivity index (χ0n) is 17.8. The van der Waals surface area contributed by atoms with Gasteiger partial charge in [-0.25, -0.2) is 0 Å². The molecule has 0 fully saturated rings. The van der Waals surface area contributed by atoms with Crippen molar-refractivity contribution < 1.29 is 19.0 Å². The Hall–Kier alpha value is -3.48. The summed E-state index contributed by atoms with van der Waals surface area (Å²) in [7, 11) is 4.84. The molecule has 0 aliphatic heterocycles. The molecule has 0 spiro atoms. The molecular weight excluding hydrogens is 382 g/mol. The molecule has 1 N–H and O–H groups in total. The van der Waals surface area contributed by atoms with E-state index in [0.29, 0.717) is 36.7 Å². The Balaban J connectivity index is 1.69. The van der Waals surface area contributed by atoms with Gasteiger partial charge in [-0.15, -0.1) is 0 Å². The molecule has 0 atom stereocenters. The Morgan fingerprint density at radius 3 is 2.50 bits per heavy atom. The van der Waals surface area contributed by atoms with Gasteiger partial charge in [0.25, 0.3) is 5.91 Å². The van der Waals surface area contributed by atoms with Gasteiger partial charge in [-0.3, -0.25) is 9.48 Å². The van der Waals surface area contributed by atoms with Crippen molar-refractivity contribution in [2.24, 2.45) is 0 Å². The zero-order chi connectivity index (χ0) is 21.5. The maximum atomic E-state index is 12.8. The quantitative estimate of drug-likeness (QED) is 0.585. The van der Waals surface area contributed by atoms with Gasteiger partial charge in [0, 0.05) is 18.7 Å². The summed E-state index contributed by atoms with van der Waals surface area (Å²) in [6.45, 7) is 3.06. The van der Waals surface area contributed by atoms with E-state index in [2.05, 4.69) is 10.4 Å². The number of nitrogens with one attached hydrogen (secondary N) is 1. The maximum Gasteiger partial charge on any atom is 0.269 e. The third kappa shape index (κ3) is 4.74. The van der Waals surface area contributed by atoms with Gasteiger partial charge < -0.3 is 19.5 Å². The number of amides is 1. The minimum absolute atomic E-state index is 0.154. The van der Waals surface area contributed by atoms with Crippen molar-refractivity contribution in [1.29, 1.82) is 0 Å². The summed E-state index contributed by atoms with van der Waals surface area (Å²) in [5, 5.41) is 7.55. The second-order valence-electron chi connectivity index (χ2n) is 6.66. The van der Waals surface area contributed by atoms with Crippen LogP contribution in [-0.2, 0) is 13.0 Å². The molecular formula is C23H27N3O4. The number of aromatic nitrogens is 2. The van der Waals surface area contributed by atoms with Gasteiger partial charge in [0.05, 0.1) is 27.0 Å². The molecule has 0 radical (unpaired) electrons. The topological polar surface area (TPSA) is 74.6 Å². The average molecular weight is 409 g/mol. The van der Waals surface area contributed by atoms with E-state index in [1.54, 1.807) is 26.0 Å². The molecule has 158 valence electrons. The van der Waals surface area contributed by atoms with Crippen molar-refractivity contribution in [1.82, 2.24) is 15.1 Å². The van der Waals surface area contributed by atoms with E-state index >= 15 is 0 Å². The summed E-state index contributed by atoms with van der Waals surface area (Å²) in [4.78, 5) is 12.8. The van der Waals surface area contributed by atoms with Crippen LogP contribution in [0.1, 0.15) is 23.0 Å². The molecule has 1 aromatic heterocycles. The summed E-state index contributed by atoms with van der Waals surface area (Å²) in [5.74, 6) is 1.95. The second kappa shape index (κ2) is 9.82. The van der Waals surface area contributed by atoms with E-state index in [1.165, 1.54) is 0 Å². The normalized spacial score (nSPS) is 10.5. The van der Waals surface area contributed by atoms with Gasteiger partial charge in [-0.1, -0.05) is 18.2 Å². The molecule has 7 heteroatoms. The van der Waals surface area contributed by atoms with Crippen LogP contribution in [0.25, 0.3) is 11.3 Å². The fraction of sp³-hybridized carbons (Fsp3) is 0.304. The minimum Gasteiger partial charge on any atom is -0.497 e. The Labute approximate surface area is 176 Å².